The second kappa shape index (κ2) is 5.05. The summed E-state index contributed by atoms with van der Waals surface area (Å²) < 4.78 is 22.2. The van der Waals surface area contributed by atoms with E-state index in [-0.39, 0.29) is 12.0 Å². The van der Waals surface area contributed by atoms with Gasteiger partial charge in [-0.15, -0.1) is 0 Å². The molecule has 1 aliphatic carbocycles. The molecule has 4 aliphatic rings. The summed E-state index contributed by atoms with van der Waals surface area (Å²) in [6.07, 6.45) is 0.929. The van der Waals surface area contributed by atoms with Crippen LogP contribution in [0.2, 0.25) is 0 Å². The number of benzene rings is 2. The zero-order chi connectivity index (χ0) is 16.3. The highest BCUT2D eigenvalue weighted by Crippen LogP contribution is 2.48. The van der Waals surface area contributed by atoms with Gasteiger partial charge in [-0.2, -0.15) is 0 Å². The Bertz CT molecular complexity index is 833. The first kappa shape index (κ1) is 14.0. The summed E-state index contributed by atoms with van der Waals surface area (Å²) in [6, 6.07) is 8.82. The van der Waals surface area contributed by atoms with Crippen LogP contribution in [0.25, 0.3) is 0 Å². The summed E-state index contributed by atoms with van der Waals surface area (Å²) in [5, 5.41) is 3.67. The molecule has 5 nitrogen and oxygen atoms in total. The summed E-state index contributed by atoms with van der Waals surface area (Å²) >= 11 is 0. The fourth-order valence-corrected chi connectivity index (χ4v) is 4.17. The standard InChI is InChI=1S/C19H19NO4/c1-21-16-4-10-3-15-13-7-19-18(23-9-24-19)6-12(13)14(8-20-15)11(10)5-17(16)22-2/h4-7,14-15,20H,3,8-9H2,1-2H3/t14-,15+/m1/s1. The van der Waals surface area contributed by atoms with Crippen molar-refractivity contribution in [1.29, 1.82) is 0 Å². The minimum atomic E-state index is 0.281. The Morgan fingerprint density at radius 1 is 0.917 bits per heavy atom. The Morgan fingerprint density at radius 2 is 1.62 bits per heavy atom. The molecule has 3 aliphatic heterocycles. The average molecular weight is 325 g/mol. The molecule has 124 valence electrons. The third-order valence-electron chi connectivity index (χ3n) is 5.34. The van der Waals surface area contributed by atoms with Gasteiger partial charge in [0.2, 0.25) is 6.79 Å². The van der Waals surface area contributed by atoms with Crippen LogP contribution in [0, 0.1) is 0 Å². The first-order valence-electron chi connectivity index (χ1n) is 8.20. The van der Waals surface area contributed by atoms with Gasteiger partial charge >= 0.3 is 0 Å². The predicted octanol–water partition coefficient (Wildman–Crippen LogP) is 2.76. The molecule has 6 rings (SSSR count). The smallest absolute Gasteiger partial charge is 0.231 e. The van der Waals surface area contributed by atoms with E-state index in [1.54, 1.807) is 14.2 Å². The molecule has 0 saturated carbocycles. The van der Waals surface area contributed by atoms with Gasteiger partial charge in [0.25, 0.3) is 0 Å². The molecule has 0 spiro atoms. The third kappa shape index (κ3) is 1.85. The zero-order valence-corrected chi connectivity index (χ0v) is 13.7. The Morgan fingerprint density at radius 3 is 2.38 bits per heavy atom. The molecular weight excluding hydrogens is 306 g/mol. The first-order valence-corrected chi connectivity index (χ1v) is 8.20. The van der Waals surface area contributed by atoms with Crippen LogP contribution >= 0.6 is 0 Å². The van der Waals surface area contributed by atoms with Crippen molar-refractivity contribution in [2.24, 2.45) is 0 Å². The minimum Gasteiger partial charge on any atom is -0.493 e. The number of nitrogens with one attached hydrogen (secondary N) is 1. The van der Waals surface area contributed by atoms with Gasteiger partial charge in [0.15, 0.2) is 23.0 Å². The van der Waals surface area contributed by atoms with Crippen molar-refractivity contribution in [3.8, 4) is 23.0 Å². The van der Waals surface area contributed by atoms with Crippen LogP contribution in [0.15, 0.2) is 24.3 Å². The van der Waals surface area contributed by atoms with Gasteiger partial charge in [-0.1, -0.05) is 0 Å². The van der Waals surface area contributed by atoms with E-state index in [1.807, 2.05) is 0 Å². The van der Waals surface area contributed by atoms with Crippen LogP contribution in [-0.2, 0) is 6.42 Å². The maximum atomic E-state index is 5.60. The van der Waals surface area contributed by atoms with Gasteiger partial charge in [0, 0.05) is 18.5 Å². The molecule has 2 bridgehead atoms. The molecule has 0 aromatic heterocycles. The normalized spacial score (nSPS) is 22.6. The lowest BCUT2D eigenvalue weighted by molar-refractivity contribution is 0.174. The van der Waals surface area contributed by atoms with Crippen LogP contribution < -0.4 is 24.3 Å². The number of hydrogen-bond donors (Lipinski definition) is 1. The fourth-order valence-electron chi connectivity index (χ4n) is 4.17. The van der Waals surface area contributed by atoms with Crippen molar-refractivity contribution in [3.05, 3.63) is 46.5 Å². The SMILES string of the molecule is COc1cc2c(cc1OC)[C@H]1CN[C@@H](C2)c2cc3c(cc21)OCO3. The van der Waals surface area contributed by atoms with E-state index in [9.17, 15) is 0 Å². The molecule has 3 heterocycles. The van der Waals surface area contributed by atoms with E-state index >= 15 is 0 Å². The van der Waals surface area contributed by atoms with E-state index in [0.29, 0.717) is 6.79 Å². The van der Waals surface area contributed by atoms with Crippen LogP contribution in [0.1, 0.15) is 34.2 Å². The summed E-state index contributed by atoms with van der Waals surface area (Å²) in [4.78, 5) is 0. The molecule has 0 radical (unpaired) electrons. The van der Waals surface area contributed by atoms with Crippen LogP contribution in [0.3, 0.4) is 0 Å². The quantitative estimate of drug-likeness (QED) is 0.920. The number of fused-ring (bicyclic) bond motifs is 2. The molecule has 2 aromatic carbocycles. The topological polar surface area (TPSA) is 49.0 Å². The molecule has 0 fully saturated rings. The van der Waals surface area contributed by atoms with Crippen molar-refractivity contribution in [2.45, 2.75) is 18.4 Å². The highest BCUT2D eigenvalue weighted by molar-refractivity contribution is 5.59. The van der Waals surface area contributed by atoms with Gasteiger partial charge in [-0.25, -0.2) is 0 Å². The highest BCUT2D eigenvalue weighted by Gasteiger charge is 2.36. The minimum absolute atomic E-state index is 0.281. The van der Waals surface area contributed by atoms with Crippen molar-refractivity contribution in [1.82, 2.24) is 5.32 Å². The Labute approximate surface area is 140 Å². The molecule has 1 N–H and O–H groups in total. The molecule has 0 amide bonds. The average Bonchev–Trinajstić information content (AvgIpc) is 2.94. The Balaban J connectivity index is 1.71. The molecule has 0 unspecified atom stereocenters. The van der Waals surface area contributed by atoms with E-state index in [1.165, 1.54) is 22.3 Å². The Hall–Kier alpha value is -2.40. The van der Waals surface area contributed by atoms with Crippen molar-refractivity contribution in [2.75, 3.05) is 27.6 Å². The molecule has 5 heteroatoms. The number of ether oxygens (including phenoxy) is 4. The molecular formula is C19H19NO4. The third-order valence-corrected chi connectivity index (χ3v) is 5.34. The summed E-state index contributed by atoms with van der Waals surface area (Å²) in [7, 11) is 3.37. The predicted molar refractivity (Wildman–Crippen MR) is 88.4 cm³/mol. The monoisotopic (exact) mass is 325 g/mol. The zero-order valence-electron chi connectivity index (χ0n) is 13.7. The lowest BCUT2D eigenvalue weighted by Crippen LogP contribution is -2.31. The summed E-state index contributed by atoms with van der Waals surface area (Å²) in [5.41, 5.74) is 5.25. The summed E-state index contributed by atoms with van der Waals surface area (Å²) in [6.45, 7) is 1.22. The van der Waals surface area contributed by atoms with E-state index < -0.39 is 0 Å². The van der Waals surface area contributed by atoms with Gasteiger partial charge in [-0.3, -0.25) is 0 Å². The molecule has 2 aromatic rings. The maximum Gasteiger partial charge on any atom is 0.231 e. The van der Waals surface area contributed by atoms with Gasteiger partial charge in [0.1, 0.15) is 0 Å². The van der Waals surface area contributed by atoms with Crippen LogP contribution in [0.5, 0.6) is 23.0 Å². The number of methoxy groups -OCH3 is 2. The van der Waals surface area contributed by atoms with Crippen molar-refractivity contribution < 1.29 is 18.9 Å². The number of rotatable bonds is 2. The van der Waals surface area contributed by atoms with Crippen LogP contribution in [-0.4, -0.2) is 27.6 Å². The van der Waals surface area contributed by atoms with Crippen LogP contribution in [0.4, 0.5) is 0 Å². The van der Waals surface area contributed by atoms with Crippen molar-refractivity contribution >= 4 is 0 Å². The second-order valence-corrected chi connectivity index (χ2v) is 6.46. The maximum absolute atomic E-state index is 5.60. The lowest BCUT2D eigenvalue weighted by atomic mass is 9.85. The van der Waals surface area contributed by atoms with E-state index in [4.69, 9.17) is 18.9 Å². The van der Waals surface area contributed by atoms with Gasteiger partial charge in [0.05, 0.1) is 14.2 Å². The van der Waals surface area contributed by atoms with Gasteiger partial charge < -0.3 is 24.3 Å². The van der Waals surface area contributed by atoms with Gasteiger partial charge in [-0.05, 0) is 52.9 Å². The first-order chi connectivity index (χ1) is 11.8. The second-order valence-electron chi connectivity index (χ2n) is 6.46. The molecule has 2 atom stereocenters. The van der Waals surface area contributed by atoms with Crippen molar-refractivity contribution in [3.63, 3.8) is 0 Å². The largest absolute Gasteiger partial charge is 0.493 e. The summed E-state index contributed by atoms with van der Waals surface area (Å²) in [5.74, 6) is 3.55. The van der Waals surface area contributed by atoms with E-state index in [0.717, 1.165) is 36.0 Å². The fraction of sp³-hybridized carbons (Fsp3) is 0.368. The van der Waals surface area contributed by atoms with E-state index in [2.05, 4.69) is 29.6 Å². The Kier molecular flexibility index (Phi) is 2.94. The number of hydrogen-bond acceptors (Lipinski definition) is 5. The molecule has 24 heavy (non-hydrogen) atoms. The highest BCUT2D eigenvalue weighted by atomic mass is 16.7. The molecule has 0 saturated heterocycles. The lowest BCUT2D eigenvalue weighted by Gasteiger charge is -2.29.